The summed E-state index contributed by atoms with van der Waals surface area (Å²) in [5.74, 6) is 0.848. The van der Waals surface area contributed by atoms with E-state index in [0.29, 0.717) is 24.9 Å². The molecular formula is C39H57N5O5. The predicted octanol–water partition coefficient (Wildman–Crippen LogP) is 7.82. The molecule has 0 atom stereocenters. The van der Waals surface area contributed by atoms with E-state index in [-0.39, 0.29) is 18.8 Å². The number of aliphatic hydroxyl groups is 1. The minimum atomic E-state index is -0.445. The van der Waals surface area contributed by atoms with Crippen LogP contribution in [0.2, 0.25) is 0 Å². The van der Waals surface area contributed by atoms with Gasteiger partial charge < -0.3 is 24.4 Å². The summed E-state index contributed by atoms with van der Waals surface area (Å²) in [5.41, 5.74) is 4.96. The van der Waals surface area contributed by atoms with Gasteiger partial charge in [0.15, 0.2) is 5.65 Å². The lowest BCUT2D eigenvalue weighted by Gasteiger charge is -2.33. The zero-order valence-electron chi connectivity index (χ0n) is 30.7. The van der Waals surface area contributed by atoms with Crippen LogP contribution in [0.5, 0.6) is 0 Å². The molecule has 0 radical (unpaired) electrons. The molecule has 2 aliphatic heterocycles. The number of aryl methyl sites for hydroxylation is 2. The van der Waals surface area contributed by atoms with Crippen LogP contribution in [-0.4, -0.2) is 86.0 Å². The van der Waals surface area contributed by atoms with Gasteiger partial charge in [0.2, 0.25) is 0 Å². The first-order valence-electron chi connectivity index (χ1n) is 18.0. The van der Waals surface area contributed by atoms with Crippen molar-refractivity contribution >= 4 is 23.2 Å². The van der Waals surface area contributed by atoms with E-state index in [1.54, 1.807) is 18.0 Å². The summed E-state index contributed by atoms with van der Waals surface area (Å²) in [6.07, 6.45) is 10.00. The maximum absolute atomic E-state index is 12.1. The van der Waals surface area contributed by atoms with E-state index in [1.165, 1.54) is 36.2 Å². The Bertz CT molecular complexity index is 1520. The summed E-state index contributed by atoms with van der Waals surface area (Å²) < 4.78 is 10.9. The maximum atomic E-state index is 12.1. The van der Waals surface area contributed by atoms with Crippen molar-refractivity contribution in [2.24, 2.45) is 0 Å². The fraction of sp³-hybridized carbons (Fsp3) is 0.615. The highest BCUT2D eigenvalue weighted by Crippen LogP contribution is 2.31. The first-order valence-corrected chi connectivity index (χ1v) is 18.0. The van der Waals surface area contributed by atoms with E-state index in [0.717, 1.165) is 61.9 Å². The third kappa shape index (κ3) is 11.7. The molecule has 3 aromatic heterocycles. The van der Waals surface area contributed by atoms with Crippen molar-refractivity contribution in [3.05, 3.63) is 65.2 Å². The maximum Gasteiger partial charge on any atom is 0.410 e. The molecule has 3 aliphatic rings. The van der Waals surface area contributed by atoms with Crippen LogP contribution in [0.3, 0.4) is 0 Å². The van der Waals surface area contributed by atoms with E-state index < -0.39 is 11.2 Å². The van der Waals surface area contributed by atoms with Crippen molar-refractivity contribution < 1.29 is 24.2 Å². The van der Waals surface area contributed by atoms with Crippen LogP contribution >= 0.6 is 0 Å². The van der Waals surface area contributed by atoms with Gasteiger partial charge in [-0.15, -0.1) is 0 Å². The topological polar surface area (TPSA) is 118 Å². The summed E-state index contributed by atoms with van der Waals surface area (Å²) in [7, 11) is 0. The summed E-state index contributed by atoms with van der Waals surface area (Å²) in [6.45, 7) is 16.3. The fourth-order valence-electron chi connectivity index (χ4n) is 6.39. The third-order valence-electron chi connectivity index (χ3n) is 8.82. The minimum Gasteiger partial charge on any atom is -0.444 e. The number of aliphatic hydroxyl groups excluding tert-OH is 1. The molecule has 0 bridgehead atoms. The van der Waals surface area contributed by atoms with Crippen LogP contribution in [-0.2, 0) is 22.3 Å². The number of nitrogens with zero attached hydrogens (tertiary/aromatic N) is 5. The summed E-state index contributed by atoms with van der Waals surface area (Å²) in [5, 5.41) is 8.63. The van der Waals surface area contributed by atoms with Crippen molar-refractivity contribution in [2.45, 2.75) is 123 Å². The largest absolute Gasteiger partial charge is 0.444 e. The van der Waals surface area contributed by atoms with Gasteiger partial charge in [0.25, 0.3) is 0 Å². The predicted molar refractivity (Wildman–Crippen MR) is 193 cm³/mol. The van der Waals surface area contributed by atoms with E-state index in [9.17, 15) is 9.59 Å². The lowest BCUT2D eigenvalue weighted by atomic mass is 9.90. The van der Waals surface area contributed by atoms with Crippen LogP contribution in [0.1, 0.15) is 121 Å². The zero-order chi connectivity index (χ0) is 35.6. The number of ether oxygens (including phenoxy) is 2. The Morgan fingerprint density at radius 3 is 1.78 bits per heavy atom. The molecular weight excluding hydrogens is 618 g/mol. The summed E-state index contributed by atoms with van der Waals surface area (Å²) in [6, 6.07) is 12.6. The Kier molecular flexibility index (Phi) is 13.4. The van der Waals surface area contributed by atoms with Crippen LogP contribution in [0.25, 0.3) is 11.0 Å². The second kappa shape index (κ2) is 17.2. The van der Waals surface area contributed by atoms with Crippen LogP contribution in [0.4, 0.5) is 9.59 Å². The lowest BCUT2D eigenvalue weighted by Crippen LogP contribution is -2.41. The van der Waals surface area contributed by atoms with Gasteiger partial charge in [-0.05, 0) is 136 Å². The van der Waals surface area contributed by atoms with Gasteiger partial charge in [-0.1, -0.05) is 6.07 Å². The SMILES string of the molecule is CC(C)(C)OC(=O)N1CCC(c2ccc3c(n2)CCCC3)CC1.CC(C)(C)OC(=O)N1CCC(c2ccc3cccnc3n2)CC1.CCO. The molecule has 10 heteroatoms. The summed E-state index contributed by atoms with van der Waals surface area (Å²) in [4.78, 5) is 41.8. The third-order valence-corrected chi connectivity index (χ3v) is 8.82. The first kappa shape index (κ1) is 38.0. The van der Waals surface area contributed by atoms with Crippen molar-refractivity contribution in [2.75, 3.05) is 32.8 Å². The molecule has 1 aliphatic carbocycles. The van der Waals surface area contributed by atoms with Crippen LogP contribution in [0.15, 0.2) is 42.6 Å². The second-order valence-corrected chi connectivity index (χ2v) is 15.1. The molecule has 49 heavy (non-hydrogen) atoms. The van der Waals surface area contributed by atoms with Gasteiger partial charge >= 0.3 is 12.2 Å². The average molecular weight is 676 g/mol. The Morgan fingerprint density at radius 2 is 1.24 bits per heavy atom. The number of rotatable bonds is 2. The standard InChI is InChI=1S/C19H28N2O2.C18H23N3O2.C2H6O/c1-19(2,3)23-18(22)21-12-10-15(11-13-21)17-9-8-14-6-4-5-7-16(14)20-17;1-18(2,3)23-17(22)21-11-8-13(9-12-21)15-7-6-14-5-4-10-19-16(14)20-15;1-2-3/h8-9,15H,4-7,10-13H2,1-3H3;4-7,10,13H,8-9,11-12H2,1-3H3;3H,2H2,1H3. The molecule has 0 unspecified atom stereocenters. The molecule has 2 amide bonds. The Morgan fingerprint density at radius 1 is 0.755 bits per heavy atom. The van der Waals surface area contributed by atoms with Crippen LogP contribution in [0, 0.1) is 0 Å². The van der Waals surface area contributed by atoms with Crippen molar-refractivity contribution in [1.82, 2.24) is 24.8 Å². The summed E-state index contributed by atoms with van der Waals surface area (Å²) >= 11 is 0. The normalized spacial score (nSPS) is 17.2. The van der Waals surface area contributed by atoms with Gasteiger partial charge in [0.1, 0.15) is 11.2 Å². The number of hydrogen-bond donors (Lipinski definition) is 1. The molecule has 6 rings (SSSR count). The molecule has 2 fully saturated rings. The molecule has 2 saturated heterocycles. The molecule has 10 nitrogen and oxygen atoms in total. The van der Waals surface area contributed by atoms with Gasteiger partial charge in [0, 0.05) is 73.3 Å². The number of carbonyl (C=O) groups is 2. The highest BCUT2D eigenvalue weighted by Gasteiger charge is 2.29. The second-order valence-electron chi connectivity index (χ2n) is 15.1. The molecule has 0 spiro atoms. The molecule has 0 aromatic carbocycles. The molecule has 5 heterocycles. The smallest absolute Gasteiger partial charge is 0.410 e. The Hall–Kier alpha value is -3.79. The number of pyridine rings is 3. The highest BCUT2D eigenvalue weighted by atomic mass is 16.6. The molecule has 3 aromatic rings. The van der Waals surface area contributed by atoms with E-state index in [4.69, 9.17) is 19.6 Å². The number of likely N-dealkylation sites (tertiary alicyclic amines) is 2. The molecule has 268 valence electrons. The van der Waals surface area contributed by atoms with Crippen molar-refractivity contribution in [1.29, 1.82) is 0 Å². The van der Waals surface area contributed by atoms with Gasteiger partial charge in [-0.25, -0.2) is 19.6 Å². The number of amides is 2. The monoisotopic (exact) mass is 675 g/mol. The zero-order valence-corrected chi connectivity index (χ0v) is 30.7. The number of hydrogen-bond acceptors (Lipinski definition) is 8. The number of fused-ring (bicyclic) bond motifs is 2. The number of carbonyl (C=O) groups excluding carboxylic acids is 2. The fourth-order valence-corrected chi connectivity index (χ4v) is 6.39. The van der Waals surface area contributed by atoms with Crippen LogP contribution < -0.4 is 0 Å². The average Bonchev–Trinajstić information content (AvgIpc) is 3.07. The minimum absolute atomic E-state index is 0.186. The number of piperidine rings is 2. The van der Waals surface area contributed by atoms with Gasteiger partial charge in [-0.3, -0.25) is 4.98 Å². The van der Waals surface area contributed by atoms with Crippen molar-refractivity contribution in [3.63, 3.8) is 0 Å². The van der Waals surface area contributed by atoms with E-state index in [1.807, 2.05) is 58.6 Å². The molecule has 1 N–H and O–H groups in total. The Balaban J connectivity index is 0.000000205. The Labute approximate surface area is 292 Å². The molecule has 0 saturated carbocycles. The van der Waals surface area contributed by atoms with E-state index >= 15 is 0 Å². The van der Waals surface area contributed by atoms with Crippen molar-refractivity contribution in [3.8, 4) is 0 Å². The number of aromatic nitrogens is 3. The highest BCUT2D eigenvalue weighted by molar-refractivity contribution is 5.74. The first-order chi connectivity index (χ1) is 23.3. The van der Waals surface area contributed by atoms with Gasteiger partial charge in [0.05, 0.1) is 0 Å². The quantitative estimate of drug-likeness (QED) is 0.292. The van der Waals surface area contributed by atoms with Gasteiger partial charge in [-0.2, -0.15) is 0 Å². The lowest BCUT2D eigenvalue weighted by molar-refractivity contribution is 0.0193. The van der Waals surface area contributed by atoms with E-state index in [2.05, 4.69) is 34.2 Å².